The van der Waals surface area contributed by atoms with Crippen LogP contribution in [0.2, 0.25) is 0 Å². The van der Waals surface area contributed by atoms with E-state index in [4.69, 9.17) is 4.74 Å². The number of aryl methyl sites for hydroxylation is 1. The van der Waals surface area contributed by atoms with Crippen molar-refractivity contribution in [2.24, 2.45) is 7.05 Å². The van der Waals surface area contributed by atoms with Crippen molar-refractivity contribution < 1.29 is 9.53 Å². The number of carbonyl (C=O) groups excluding carboxylic acids is 1. The van der Waals surface area contributed by atoms with Gasteiger partial charge in [-0.3, -0.25) is 9.48 Å². The van der Waals surface area contributed by atoms with E-state index in [1.807, 2.05) is 0 Å². The summed E-state index contributed by atoms with van der Waals surface area (Å²) in [7, 11) is 1.78. The molecule has 88 valence electrons. The van der Waals surface area contributed by atoms with Gasteiger partial charge in [-0.25, -0.2) is 0 Å². The van der Waals surface area contributed by atoms with Crippen LogP contribution >= 0.6 is 15.9 Å². The highest BCUT2D eigenvalue weighted by atomic mass is 79.9. The summed E-state index contributed by atoms with van der Waals surface area (Å²) < 4.78 is 7.73. The molecule has 1 aromatic rings. The molecule has 0 saturated carbocycles. The predicted molar refractivity (Wildman–Crippen MR) is 62.2 cm³/mol. The zero-order chi connectivity index (χ0) is 11.5. The van der Waals surface area contributed by atoms with E-state index in [2.05, 4.69) is 26.3 Å². The van der Waals surface area contributed by atoms with E-state index in [0.717, 1.165) is 19.4 Å². The first-order chi connectivity index (χ1) is 7.66. The number of aromatic nitrogens is 2. The minimum Gasteiger partial charge on any atom is -0.376 e. The standard InChI is InChI=1S/C10H14BrN3O2/c1-14-6-8(11)9(13-14)10(15)12-5-7-3-2-4-16-7/h6-7H,2-5H2,1H3,(H,12,15)/t7-/m1/s1. The van der Waals surface area contributed by atoms with Gasteiger partial charge in [0.05, 0.1) is 10.6 Å². The first-order valence-electron chi connectivity index (χ1n) is 5.26. The lowest BCUT2D eigenvalue weighted by atomic mass is 10.2. The maximum atomic E-state index is 11.8. The van der Waals surface area contributed by atoms with Crippen molar-refractivity contribution >= 4 is 21.8 Å². The highest BCUT2D eigenvalue weighted by Crippen LogP contribution is 2.14. The Kier molecular flexibility index (Phi) is 3.60. The molecule has 2 rings (SSSR count). The van der Waals surface area contributed by atoms with Gasteiger partial charge in [-0.05, 0) is 28.8 Å². The third-order valence-corrected chi connectivity index (χ3v) is 3.09. The monoisotopic (exact) mass is 287 g/mol. The highest BCUT2D eigenvalue weighted by Gasteiger charge is 2.19. The Morgan fingerprint density at radius 1 is 1.81 bits per heavy atom. The van der Waals surface area contributed by atoms with Crippen LogP contribution in [-0.4, -0.2) is 34.9 Å². The number of hydrogen-bond donors (Lipinski definition) is 1. The van der Waals surface area contributed by atoms with Crippen LogP contribution in [0, 0.1) is 0 Å². The molecule has 1 amide bonds. The lowest BCUT2D eigenvalue weighted by Gasteiger charge is -2.09. The second-order valence-corrected chi connectivity index (χ2v) is 4.70. The topological polar surface area (TPSA) is 56.2 Å². The maximum absolute atomic E-state index is 11.8. The quantitative estimate of drug-likeness (QED) is 0.906. The fourth-order valence-electron chi connectivity index (χ4n) is 1.71. The molecule has 1 aromatic heterocycles. The van der Waals surface area contributed by atoms with Gasteiger partial charge < -0.3 is 10.1 Å². The van der Waals surface area contributed by atoms with Gasteiger partial charge in [0.1, 0.15) is 0 Å². The zero-order valence-corrected chi connectivity index (χ0v) is 10.7. The number of rotatable bonds is 3. The molecule has 0 unspecified atom stereocenters. The van der Waals surface area contributed by atoms with E-state index in [0.29, 0.717) is 16.7 Å². The van der Waals surface area contributed by atoms with E-state index in [9.17, 15) is 4.79 Å². The van der Waals surface area contributed by atoms with Crippen LogP contribution in [-0.2, 0) is 11.8 Å². The van der Waals surface area contributed by atoms with Crippen molar-refractivity contribution in [3.63, 3.8) is 0 Å². The average molecular weight is 288 g/mol. The molecule has 1 saturated heterocycles. The first kappa shape index (κ1) is 11.6. The summed E-state index contributed by atoms with van der Waals surface area (Å²) in [5.41, 5.74) is 0.417. The highest BCUT2D eigenvalue weighted by molar-refractivity contribution is 9.10. The van der Waals surface area contributed by atoms with Crippen molar-refractivity contribution in [1.29, 1.82) is 0 Å². The van der Waals surface area contributed by atoms with Gasteiger partial charge in [-0.1, -0.05) is 0 Å². The number of carbonyl (C=O) groups is 1. The first-order valence-corrected chi connectivity index (χ1v) is 6.05. The number of nitrogens with zero attached hydrogens (tertiary/aromatic N) is 2. The number of ether oxygens (including phenoxy) is 1. The van der Waals surface area contributed by atoms with E-state index < -0.39 is 0 Å². The minimum absolute atomic E-state index is 0.159. The molecule has 1 N–H and O–H groups in total. The number of hydrogen-bond acceptors (Lipinski definition) is 3. The third-order valence-electron chi connectivity index (χ3n) is 2.51. The predicted octanol–water partition coefficient (Wildman–Crippen LogP) is 1.09. The van der Waals surface area contributed by atoms with Gasteiger partial charge >= 0.3 is 0 Å². The molecule has 1 aliphatic rings. The van der Waals surface area contributed by atoms with Crippen molar-refractivity contribution in [2.75, 3.05) is 13.2 Å². The van der Waals surface area contributed by atoms with Gasteiger partial charge in [0.2, 0.25) is 0 Å². The Morgan fingerprint density at radius 2 is 2.62 bits per heavy atom. The summed E-state index contributed by atoms with van der Waals surface area (Å²) in [4.78, 5) is 11.8. The van der Waals surface area contributed by atoms with Gasteiger partial charge in [0.25, 0.3) is 5.91 Å². The Labute approximate surface area is 102 Å². The molecule has 5 nitrogen and oxygen atoms in total. The van der Waals surface area contributed by atoms with Crippen LogP contribution in [0.1, 0.15) is 23.3 Å². The average Bonchev–Trinajstić information content (AvgIpc) is 2.84. The van der Waals surface area contributed by atoms with Crippen molar-refractivity contribution in [2.45, 2.75) is 18.9 Å². The number of halogens is 1. The summed E-state index contributed by atoms with van der Waals surface area (Å²) in [5, 5.41) is 6.90. The van der Waals surface area contributed by atoms with Crippen LogP contribution in [0.5, 0.6) is 0 Å². The Morgan fingerprint density at radius 3 is 3.19 bits per heavy atom. The van der Waals surface area contributed by atoms with E-state index in [-0.39, 0.29) is 12.0 Å². The van der Waals surface area contributed by atoms with E-state index in [1.54, 1.807) is 17.9 Å². The maximum Gasteiger partial charge on any atom is 0.273 e. The molecule has 1 fully saturated rings. The number of nitrogens with one attached hydrogen (secondary N) is 1. The SMILES string of the molecule is Cn1cc(Br)c(C(=O)NC[C@H]2CCCO2)n1. The molecule has 1 aliphatic heterocycles. The van der Waals surface area contributed by atoms with Crippen LogP contribution < -0.4 is 5.32 Å². The van der Waals surface area contributed by atoms with Gasteiger partial charge in [-0.15, -0.1) is 0 Å². The van der Waals surface area contributed by atoms with Crippen LogP contribution in [0.25, 0.3) is 0 Å². The molecule has 0 radical (unpaired) electrons. The van der Waals surface area contributed by atoms with E-state index in [1.165, 1.54) is 0 Å². The summed E-state index contributed by atoms with van der Waals surface area (Å²) in [6, 6.07) is 0. The third kappa shape index (κ3) is 2.62. The van der Waals surface area contributed by atoms with E-state index >= 15 is 0 Å². The largest absolute Gasteiger partial charge is 0.376 e. The van der Waals surface area contributed by atoms with Gasteiger partial charge in [0.15, 0.2) is 5.69 Å². The Bertz CT molecular complexity index is 385. The molecule has 0 aromatic carbocycles. The lowest BCUT2D eigenvalue weighted by molar-refractivity contribution is 0.0852. The van der Waals surface area contributed by atoms with Crippen molar-refractivity contribution in [3.05, 3.63) is 16.4 Å². The van der Waals surface area contributed by atoms with Gasteiger partial charge in [0, 0.05) is 26.4 Å². The molecule has 0 aliphatic carbocycles. The molecule has 16 heavy (non-hydrogen) atoms. The van der Waals surface area contributed by atoms with Gasteiger partial charge in [-0.2, -0.15) is 5.10 Å². The summed E-state index contributed by atoms with van der Waals surface area (Å²) >= 11 is 3.30. The minimum atomic E-state index is -0.164. The second kappa shape index (κ2) is 4.97. The Balaban J connectivity index is 1.90. The Hall–Kier alpha value is -0.880. The fraction of sp³-hybridized carbons (Fsp3) is 0.600. The molecule has 1 atom stereocenters. The normalized spacial score (nSPS) is 20.0. The van der Waals surface area contributed by atoms with Crippen LogP contribution in [0.3, 0.4) is 0 Å². The molecule has 6 heteroatoms. The second-order valence-electron chi connectivity index (χ2n) is 3.84. The summed E-state index contributed by atoms with van der Waals surface area (Å²) in [6.07, 6.45) is 4.00. The molecular formula is C10H14BrN3O2. The lowest BCUT2D eigenvalue weighted by Crippen LogP contribution is -2.32. The van der Waals surface area contributed by atoms with Crippen LogP contribution in [0.4, 0.5) is 0 Å². The summed E-state index contributed by atoms with van der Waals surface area (Å²) in [6.45, 7) is 1.36. The van der Waals surface area contributed by atoms with Crippen molar-refractivity contribution in [1.82, 2.24) is 15.1 Å². The van der Waals surface area contributed by atoms with Crippen molar-refractivity contribution in [3.8, 4) is 0 Å². The molecular weight excluding hydrogens is 274 g/mol. The smallest absolute Gasteiger partial charge is 0.273 e. The fourth-order valence-corrected chi connectivity index (χ4v) is 2.26. The summed E-state index contributed by atoms with van der Waals surface area (Å²) in [5.74, 6) is -0.164. The molecule has 2 heterocycles. The molecule has 0 spiro atoms. The van der Waals surface area contributed by atoms with Crippen LogP contribution in [0.15, 0.2) is 10.7 Å². The number of amides is 1. The zero-order valence-electron chi connectivity index (χ0n) is 9.07. The molecule has 0 bridgehead atoms.